The highest BCUT2D eigenvalue weighted by Gasteiger charge is 2.28. The molecule has 1 aromatic rings. The minimum absolute atomic E-state index is 0.253. The van der Waals surface area contributed by atoms with E-state index in [2.05, 4.69) is 40.0 Å². The Morgan fingerprint density at radius 3 is 3.06 bits per heavy atom. The molecule has 1 saturated heterocycles. The Kier molecular flexibility index (Phi) is 4.42. The van der Waals surface area contributed by atoms with Crippen LogP contribution in [0.2, 0.25) is 0 Å². The van der Waals surface area contributed by atoms with E-state index in [-0.39, 0.29) is 6.04 Å². The van der Waals surface area contributed by atoms with Gasteiger partial charge in [-0.2, -0.15) is 0 Å². The summed E-state index contributed by atoms with van der Waals surface area (Å²) in [7, 11) is 0. The molecule has 3 N–H and O–H groups in total. The summed E-state index contributed by atoms with van der Waals surface area (Å²) in [6.07, 6.45) is 5.28. The van der Waals surface area contributed by atoms with Crippen LogP contribution in [0.15, 0.2) is 18.6 Å². The Morgan fingerprint density at radius 2 is 2.35 bits per heavy atom. The van der Waals surface area contributed by atoms with Gasteiger partial charge in [-0.15, -0.1) is 0 Å². The van der Waals surface area contributed by atoms with Crippen LogP contribution in [0.3, 0.4) is 0 Å². The Hall–Kier alpha value is -1.04. The van der Waals surface area contributed by atoms with E-state index in [1.54, 1.807) is 12.4 Å². The van der Waals surface area contributed by atoms with Gasteiger partial charge in [0.25, 0.3) is 0 Å². The average Bonchev–Trinajstić information content (AvgIpc) is 2.78. The monoisotopic (exact) mass is 235 g/mol. The summed E-state index contributed by atoms with van der Waals surface area (Å²) in [5.41, 5.74) is 7.48. The lowest BCUT2D eigenvalue weighted by Crippen LogP contribution is -2.31. The van der Waals surface area contributed by atoms with Crippen LogP contribution in [0, 0.1) is 11.8 Å². The van der Waals surface area contributed by atoms with Crippen LogP contribution in [0.1, 0.15) is 25.6 Å². The van der Waals surface area contributed by atoms with Gasteiger partial charge < -0.3 is 5.32 Å². The molecule has 0 aliphatic carbocycles. The molecule has 1 fully saturated rings. The molecule has 5 heteroatoms. The van der Waals surface area contributed by atoms with Crippen molar-refractivity contribution in [3.05, 3.63) is 24.3 Å². The minimum Gasteiger partial charge on any atom is -0.316 e. The third-order valence-corrected chi connectivity index (χ3v) is 2.95. The quantitative estimate of drug-likeness (QED) is 0.693. The molecular formula is C12H21N5. The van der Waals surface area contributed by atoms with E-state index in [1.807, 2.05) is 6.20 Å². The minimum atomic E-state index is 0.253. The predicted molar refractivity (Wildman–Crippen MR) is 67.1 cm³/mol. The van der Waals surface area contributed by atoms with Gasteiger partial charge in [0.1, 0.15) is 0 Å². The van der Waals surface area contributed by atoms with Crippen molar-refractivity contribution < 1.29 is 0 Å². The van der Waals surface area contributed by atoms with Crippen molar-refractivity contribution in [2.24, 2.45) is 11.8 Å². The maximum atomic E-state index is 4.36. The van der Waals surface area contributed by atoms with Gasteiger partial charge in [0.15, 0.2) is 0 Å². The molecule has 2 unspecified atom stereocenters. The first kappa shape index (κ1) is 12.4. The van der Waals surface area contributed by atoms with E-state index < -0.39 is 0 Å². The van der Waals surface area contributed by atoms with E-state index in [0.717, 1.165) is 25.3 Å². The fraction of sp³-hybridized carbons (Fsp3) is 0.667. The van der Waals surface area contributed by atoms with Crippen molar-refractivity contribution in [2.75, 3.05) is 19.6 Å². The van der Waals surface area contributed by atoms with Gasteiger partial charge in [0.05, 0.1) is 17.9 Å². The largest absolute Gasteiger partial charge is 0.316 e. The molecule has 1 aliphatic heterocycles. The average molecular weight is 235 g/mol. The van der Waals surface area contributed by atoms with Gasteiger partial charge in [-0.3, -0.25) is 15.4 Å². The Labute approximate surface area is 102 Å². The first-order valence-electron chi connectivity index (χ1n) is 6.22. The normalized spacial score (nSPS) is 24.4. The maximum Gasteiger partial charge on any atom is 0.0773 e. The zero-order chi connectivity index (χ0) is 12.1. The second kappa shape index (κ2) is 6.05. The number of hydrogen-bond donors (Lipinski definition) is 3. The van der Waals surface area contributed by atoms with Gasteiger partial charge in [0, 0.05) is 31.4 Å². The molecule has 0 bridgehead atoms. The van der Waals surface area contributed by atoms with E-state index >= 15 is 0 Å². The predicted octanol–water partition coefficient (Wildman–Crippen LogP) is 0.487. The van der Waals surface area contributed by atoms with Gasteiger partial charge in [-0.25, -0.2) is 5.43 Å². The van der Waals surface area contributed by atoms with Crippen molar-refractivity contribution in [1.82, 2.24) is 26.1 Å². The molecule has 1 aromatic heterocycles. The van der Waals surface area contributed by atoms with Gasteiger partial charge in [-0.05, 0) is 12.5 Å². The number of hydrazine groups is 1. The van der Waals surface area contributed by atoms with Crippen molar-refractivity contribution in [1.29, 1.82) is 0 Å². The van der Waals surface area contributed by atoms with Crippen LogP contribution < -0.4 is 16.2 Å². The zero-order valence-electron chi connectivity index (χ0n) is 10.5. The van der Waals surface area contributed by atoms with Crippen LogP contribution in [0.5, 0.6) is 0 Å². The smallest absolute Gasteiger partial charge is 0.0773 e. The number of nitrogens with zero attached hydrogens (tertiary/aromatic N) is 2. The molecule has 0 amide bonds. The summed E-state index contributed by atoms with van der Waals surface area (Å²) in [5, 5.41) is 3.50. The topological polar surface area (TPSA) is 61.9 Å². The lowest BCUT2D eigenvalue weighted by Gasteiger charge is -2.18. The number of aromatic nitrogens is 2. The Balaban J connectivity index is 1.89. The molecule has 17 heavy (non-hydrogen) atoms. The van der Waals surface area contributed by atoms with Crippen LogP contribution in [0.25, 0.3) is 0 Å². The lowest BCUT2D eigenvalue weighted by molar-refractivity contribution is 0.418. The molecule has 2 atom stereocenters. The van der Waals surface area contributed by atoms with Crippen LogP contribution in [-0.4, -0.2) is 29.6 Å². The number of nitrogens with one attached hydrogen (secondary N) is 3. The summed E-state index contributed by atoms with van der Waals surface area (Å²) < 4.78 is 0. The Bertz CT molecular complexity index is 327. The molecule has 0 radical (unpaired) electrons. The highest BCUT2D eigenvalue weighted by Crippen LogP contribution is 2.21. The molecule has 94 valence electrons. The fourth-order valence-electron chi connectivity index (χ4n) is 2.07. The van der Waals surface area contributed by atoms with Crippen molar-refractivity contribution in [3.63, 3.8) is 0 Å². The molecule has 0 spiro atoms. The van der Waals surface area contributed by atoms with E-state index in [0.29, 0.717) is 11.8 Å². The van der Waals surface area contributed by atoms with Crippen molar-refractivity contribution in [3.8, 4) is 0 Å². The van der Waals surface area contributed by atoms with Crippen LogP contribution in [0.4, 0.5) is 0 Å². The molecule has 1 aliphatic rings. The zero-order valence-corrected chi connectivity index (χ0v) is 10.5. The van der Waals surface area contributed by atoms with E-state index in [9.17, 15) is 0 Å². The van der Waals surface area contributed by atoms with Crippen molar-refractivity contribution >= 4 is 0 Å². The first-order valence-corrected chi connectivity index (χ1v) is 6.22. The SMILES string of the molecule is CC(C)CNCC1CNNC1c1cnccn1. The highest BCUT2D eigenvalue weighted by atomic mass is 15.4. The van der Waals surface area contributed by atoms with Gasteiger partial charge >= 0.3 is 0 Å². The molecule has 2 rings (SSSR count). The Morgan fingerprint density at radius 1 is 1.47 bits per heavy atom. The van der Waals surface area contributed by atoms with Gasteiger partial charge in [0.2, 0.25) is 0 Å². The standard InChI is InChI=1S/C12H21N5/c1-9(2)5-14-6-10-7-16-17-12(10)11-8-13-3-4-15-11/h3-4,8-10,12,14,16-17H,5-7H2,1-2H3. The van der Waals surface area contributed by atoms with E-state index in [1.165, 1.54) is 0 Å². The summed E-state index contributed by atoms with van der Waals surface area (Å²) >= 11 is 0. The molecule has 0 aromatic carbocycles. The van der Waals surface area contributed by atoms with E-state index in [4.69, 9.17) is 0 Å². The lowest BCUT2D eigenvalue weighted by atomic mass is 9.99. The second-order valence-corrected chi connectivity index (χ2v) is 4.95. The fourth-order valence-corrected chi connectivity index (χ4v) is 2.07. The summed E-state index contributed by atoms with van der Waals surface area (Å²) in [6.45, 7) is 7.46. The third-order valence-electron chi connectivity index (χ3n) is 2.95. The number of rotatable bonds is 5. The first-order chi connectivity index (χ1) is 8.27. The summed E-state index contributed by atoms with van der Waals surface area (Å²) in [6, 6.07) is 0.253. The second-order valence-electron chi connectivity index (χ2n) is 4.95. The molecule has 0 saturated carbocycles. The molecular weight excluding hydrogens is 214 g/mol. The summed E-state index contributed by atoms with van der Waals surface area (Å²) in [5.74, 6) is 1.21. The molecule has 2 heterocycles. The maximum absolute atomic E-state index is 4.36. The summed E-state index contributed by atoms with van der Waals surface area (Å²) in [4.78, 5) is 8.48. The number of hydrogen-bond acceptors (Lipinski definition) is 5. The molecule has 5 nitrogen and oxygen atoms in total. The van der Waals surface area contributed by atoms with Crippen LogP contribution in [-0.2, 0) is 0 Å². The van der Waals surface area contributed by atoms with Crippen molar-refractivity contribution in [2.45, 2.75) is 19.9 Å². The highest BCUT2D eigenvalue weighted by molar-refractivity contribution is 5.06. The van der Waals surface area contributed by atoms with Crippen LogP contribution >= 0.6 is 0 Å². The third kappa shape index (κ3) is 3.46. The van der Waals surface area contributed by atoms with Gasteiger partial charge in [-0.1, -0.05) is 13.8 Å².